The molecule has 0 N–H and O–H groups in total. The zero-order valence-corrected chi connectivity index (χ0v) is 18.0. The molecule has 0 spiro atoms. The molecule has 7 heteroatoms. The van der Waals surface area contributed by atoms with Crippen molar-refractivity contribution >= 4 is 34.3 Å². The minimum atomic E-state index is -0.226. The number of nitrogens with zero attached hydrogens (tertiary/aromatic N) is 4. The van der Waals surface area contributed by atoms with Gasteiger partial charge in [0, 0.05) is 5.69 Å². The molecule has 1 aromatic heterocycles. The van der Waals surface area contributed by atoms with E-state index in [4.69, 9.17) is 0 Å². The van der Waals surface area contributed by atoms with Crippen molar-refractivity contribution in [1.29, 1.82) is 5.26 Å². The predicted molar refractivity (Wildman–Crippen MR) is 127 cm³/mol. The molecule has 0 bridgehead atoms. The molecule has 0 saturated heterocycles. The van der Waals surface area contributed by atoms with Crippen molar-refractivity contribution in [3.63, 3.8) is 0 Å². The molecule has 1 heterocycles. The number of hydrogen-bond donors (Lipinski definition) is 0. The number of nitriles is 1. The molecule has 0 saturated carbocycles. The highest BCUT2D eigenvalue weighted by Crippen LogP contribution is 2.21. The number of benzene rings is 3. The fourth-order valence-electron chi connectivity index (χ4n) is 3.37. The number of rotatable bonds is 7. The second kappa shape index (κ2) is 9.94. The lowest BCUT2D eigenvalue weighted by atomic mass is 10.2. The highest BCUT2D eigenvalue weighted by atomic mass is 32.2. The van der Waals surface area contributed by atoms with Crippen molar-refractivity contribution in [2.45, 2.75) is 11.7 Å². The van der Waals surface area contributed by atoms with Gasteiger partial charge in [-0.3, -0.25) is 19.1 Å². The lowest BCUT2D eigenvalue weighted by Gasteiger charge is -2.20. The number of para-hydroxylation sites is 2. The van der Waals surface area contributed by atoms with E-state index in [1.807, 2.05) is 66.7 Å². The number of aromatic nitrogens is 2. The van der Waals surface area contributed by atoms with Gasteiger partial charge >= 0.3 is 0 Å². The molecule has 4 aromatic rings. The van der Waals surface area contributed by atoms with Crippen LogP contribution in [-0.2, 0) is 11.3 Å². The summed E-state index contributed by atoms with van der Waals surface area (Å²) in [6.07, 6.45) is 0. The maximum atomic E-state index is 13.2. The second-order valence-electron chi connectivity index (χ2n) is 7.05. The third kappa shape index (κ3) is 4.71. The van der Waals surface area contributed by atoms with Gasteiger partial charge in [0.25, 0.3) is 5.56 Å². The summed E-state index contributed by atoms with van der Waals surface area (Å²) in [5.41, 5.74) is 2.07. The molecule has 0 aliphatic rings. The average Bonchev–Trinajstić information content (AvgIpc) is 2.84. The minimum absolute atomic E-state index is 0.0502. The minimum Gasteiger partial charge on any atom is -0.298 e. The van der Waals surface area contributed by atoms with E-state index in [1.54, 1.807) is 28.8 Å². The summed E-state index contributed by atoms with van der Waals surface area (Å²) >= 11 is 1.20. The van der Waals surface area contributed by atoms with E-state index < -0.39 is 0 Å². The maximum absolute atomic E-state index is 13.2. The molecule has 0 atom stereocenters. The van der Waals surface area contributed by atoms with Gasteiger partial charge in [-0.15, -0.1) is 0 Å². The Balaban J connectivity index is 1.65. The van der Waals surface area contributed by atoms with E-state index in [0.717, 1.165) is 5.56 Å². The highest BCUT2D eigenvalue weighted by molar-refractivity contribution is 7.99. The van der Waals surface area contributed by atoms with Crippen LogP contribution in [0.1, 0.15) is 5.56 Å². The van der Waals surface area contributed by atoms with Crippen LogP contribution < -0.4 is 10.5 Å². The van der Waals surface area contributed by atoms with Crippen LogP contribution in [0.4, 0.5) is 5.69 Å². The van der Waals surface area contributed by atoms with Crippen molar-refractivity contribution in [3.05, 3.63) is 101 Å². The Morgan fingerprint density at radius 1 is 0.969 bits per heavy atom. The van der Waals surface area contributed by atoms with Crippen LogP contribution in [0.15, 0.2) is 94.9 Å². The van der Waals surface area contributed by atoms with Crippen LogP contribution in [0.5, 0.6) is 0 Å². The normalized spacial score (nSPS) is 10.6. The van der Waals surface area contributed by atoms with Crippen LogP contribution in [-0.4, -0.2) is 27.8 Å². The van der Waals surface area contributed by atoms with Gasteiger partial charge in [-0.25, -0.2) is 4.98 Å². The zero-order chi connectivity index (χ0) is 22.3. The van der Waals surface area contributed by atoms with Crippen LogP contribution in [0.3, 0.4) is 0 Å². The number of hydrogen-bond acceptors (Lipinski definition) is 5. The lowest BCUT2D eigenvalue weighted by molar-refractivity contribution is -0.116. The molecular formula is C25H20N4O2S. The van der Waals surface area contributed by atoms with Gasteiger partial charge in [-0.1, -0.05) is 72.4 Å². The molecule has 3 aromatic carbocycles. The molecule has 4 rings (SSSR count). The Morgan fingerprint density at radius 2 is 1.62 bits per heavy atom. The molecule has 6 nitrogen and oxygen atoms in total. The number of fused-ring (bicyclic) bond motifs is 1. The fourth-order valence-corrected chi connectivity index (χ4v) is 4.24. The first-order chi connectivity index (χ1) is 15.7. The Labute approximate surface area is 189 Å². The molecule has 0 unspecified atom stereocenters. The smallest absolute Gasteiger partial charge is 0.262 e. The monoisotopic (exact) mass is 440 g/mol. The standard InChI is InChI=1S/C25H20N4O2S/c26-15-16-28(20-11-5-2-6-12-20)23(30)18-32-25-27-22-14-8-7-13-21(22)24(31)29(25)17-19-9-3-1-4-10-19/h1-14H,16-18H2. The molecular weight excluding hydrogens is 420 g/mol. The Hall–Kier alpha value is -3.89. The van der Waals surface area contributed by atoms with Crippen LogP contribution in [0, 0.1) is 11.3 Å². The van der Waals surface area contributed by atoms with Gasteiger partial charge in [0.1, 0.15) is 6.54 Å². The number of thioether (sulfide) groups is 1. The topological polar surface area (TPSA) is 79.0 Å². The first kappa shape index (κ1) is 21.3. The zero-order valence-electron chi connectivity index (χ0n) is 17.2. The quantitative estimate of drug-likeness (QED) is 0.246. The molecule has 0 fully saturated rings. The molecule has 0 aliphatic carbocycles. The maximum Gasteiger partial charge on any atom is 0.262 e. The molecule has 0 aliphatic heterocycles. The van der Waals surface area contributed by atoms with Gasteiger partial charge < -0.3 is 0 Å². The number of anilines is 1. The summed E-state index contributed by atoms with van der Waals surface area (Å²) in [5, 5.41) is 10.2. The number of carbonyl (C=O) groups is 1. The number of amides is 1. The summed E-state index contributed by atoms with van der Waals surface area (Å²) in [5.74, 6) is -0.174. The SMILES string of the molecule is N#CCN(C(=O)CSc1nc2ccccc2c(=O)n1Cc1ccccc1)c1ccccc1. The van der Waals surface area contributed by atoms with Gasteiger partial charge in [-0.2, -0.15) is 5.26 Å². The van der Waals surface area contributed by atoms with Crippen molar-refractivity contribution in [2.24, 2.45) is 0 Å². The third-order valence-electron chi connectivity index (χ3n) is 4.93. The Kier molecular flexibility index (Phi) is 6.63. The third-order valence-corrected chi connectivity index (χ3v) is 5.89. The molecule has 0 radical (unpaired) electrons. The molecule has 1 amide bonds. The van der Waals surface area contributed by atoms with Crippen molar-refractivity contribution in [3.8, 4) is 6.07 Å². The van der Waals surface area contributed by atoms with E-state index in [2.05, 4.69) is 4.98 Å². The van der Waals surface area contributed by atoms with Gasteiger partial charge in [0.15, 0.2) is 5.16 Å². The first-order valence-corrected chi connectivity index (χ1v) is 11.0. The number of carbonyl (C=O) groups excluding carboxylic acids is 1. The lowest BCUT2D eigenvalue weighted by Crippen LogP contribution is -2.33. The summed E-state index contributed by atoms with van der Waals surface area (Å²) < 4.78 is 1.60. The van der Waals surface area contributed by atoms with Gasteiger partial charge in [0.05, 0.1) is 29.3 Å². The van der Waals surface area contributed by atoms with Crippen LogP contribution >= 0.6 is 11.8 Å². The molecule has 32 heavy (non-hydrogen) atoms. The van der Waals surface area contributed by atoms with E-state index >= 15 is 0 Å². The van der Waals surface area contributed by atoms with E-state index in [-0.39, 0.29) is 23.8 Å². The van der Waals surface area contributed by atoms with E-state index in [9.17, 15) is 14.9 Å². The summed E-state index contributed by atoms with van der Waals surface area (Å²) in [6.45, 7) is 0.306. The molecule has 158 valence electrons. The van der Waals surface area contributed by atoms with E-state index in [1.165, 1.54) is 16.7 Å². The van der Waals surface area contributed by atoms with Crippen molar-refractivity contribution in [2.75, 3.05) is 17.2 Å². The predicted octanol–water partition coefficient (Wildman–Crippen LogP) is 4.09. The first-order valence-electron chi connectivity index (χ1n) is 10.1. The fraction of sp³-hybridized carbons (Fsp3) is 0.120. The summed E-state index contributed by atoms with van der Waals surface area (Å²) in [7, 11) is 0. The van der Waals surface area contributed by atoms with Crippen LogP contribution in [0.25, 0.3) is 10.9 Å². The average molecular weight is 441 g/mol. The summed E-state index contributed by atoms with van der Waals surface area (Å²) in [6, 6.07) is 28.0. The summed E-state index contributed by atoms with van der Waals surface area (Å²) in [4.78, 5) is 32.3. The highest BCUT2D eigenvalue weighted by Gasteiger charge is 2.18. The Morgan fingerprint density at radius 3 is 2.34 bits per heavy atom. The van der Waals surface area contributed by atoms with Crippen molar-refractivity contribution < 1.29 is 4.79 Å². The Bertz CT molecular complexity index is 1330. The van der Waals surface area contributed by atoms with Gasteiger partial charge in [0.2, 0.25) is 5.91 Å². The van der Waals surface area contributed by atoms with Gasteiger partial charge in [-0.05, 0) is 29.8 Å². The van der Waals surface area contributed by atoms with Crippen LogP contribution in [0.2, 0.25) is 0 Å². The van der Waals surface area contributed by atoms with E-state index in [0.29, 0.717) is 28.3 Å². The van der Waals surface area contributed by atoms with Crippen molar-refractivity contribution in [1.82, 2.24) is 9.55 Å². The largest absolute Gasteiger partial charge is 0.298 e. The second-order valence-corrected chi connectivity index (χ2v) is 7.99.